The highest BCUT2D eigenvalue weighted by molar-refractivity contribution is 7.20. The van der Waals surface area contributed by atoms with E-state index in [1.807, 2.05) is 0 Å². The molecule has 3 aromatic rings. The van der Waals surface area contributed by atoms with E-state index in [9.17, 15) is 18.0 Å². The molecule has 126 valence electrons. The third-order valence-electron chi connectivity index (χ3n) is 2.98. The Hall–Kier alpha value is -2.89. The maximum absolute atomic E-state index is 12.9. The van der Waals surface area contributed by atoms with Crippen LogP contribution in [0.4, 0.5) is 24.1 Å². The van der Waals surface area contributed by atoms with Gasteiger partial charge in [-0.05, 0) is 6.07 Å². The van der Waals surface area contributed by atoms with Gasteiger partial charge in [-0.15, -0.1) is 5.10 Å². The molecule has 0 saturated carbocycles. The molecule has 24 heavy (non-hydrogen) atoms. The summed E-state index contributed by atoms with van der Waals surface area (Å²) in [5, 5.41) is 7.23. The van der Waals surface area contributed by atoms with Crippen molar-refractivity contribution < 1.29 is 18.0 Å². The summed E-state index contributed by atoms with van der Waals surface area (Å²) in [5.41, 5.74) is 9.71. The molecular formula is C12H10F3N7OS. The van der Waals surface area contributed by atoms with Crippen LogP contribution in [0.25, 0.3) is 16.2 Å². The third kappa shape index (κ3) is 3.08. The first-order chi connectivity index (χ1) is 11.2. The van der Waals surface area contributed by atoms with Gasteiger partial charge < -0.3 is 16.8 Å². The highest BCUT2D eigenvalue weighted by atomic mass is 32.1. The lowest BCUT2D eigenvalue weighted by Gasteiger charge is -2.09. The maximum atomic E-state index is 12.9. The lowest BCUT2D eigenvalue weighted by atomic mass is 10.1. The van der Waals surface area contributed by atoms with Crippen LogP contribution >= 0.6 is 11.3 Å². The predicted molar refractivity (Wildman–Crippen MR) is 81.2 cm³/mol. The SMILES string of the molecule is NC(=O)CNc1nn2cc(-c3cnc(N)c(C(F)(F)F)c3)nc2s1. The largest absolute Gasteiger partial charge is 0.419 e. The number of imidazole rings is 1. The summed E-state index contributed by atoms with van der Waals surface area (Å²) in [5.74, 6) is -1.14. The fraction of sp³-hybridized carbons (Fsp3) is 0.167. The molecule has 3 aromatic heterocycles. The van der Waals surface area contributed by atoms with Gasteiger partial charge >= 0.3 is 6.18 Å². The fourth-order valence-electron chi connectivity index (χ4n) is 1.92. The highest BCUT2D eigenvalue weighted by Crippen LogP contribution is 2.35. The van der Waals surface area contributed by atoms with Crippen molar-refractivity contribution in [2.24, 2.45) is 5.73 Å². The number of hydrogen-bond donors (Lipinski definition) is 3. The van der Waals surface area contributed by atoms with Gasteiger partial charge in [-0.2, -0.15) is 13.2 Å². The first-order valence-corrected chi connectivity index (χ1v) is 7.27. The van der Waals surface area contributed by atoms with E-state index in [-0.39, 0.29) is 17.8 Å². The molecule has 3 heterocycles. The molecule has 1 amide bonds. The Morgan fingerprint density at radius 3 is 2.79 bits per heavy atom. The van der Waals surface area contributed by atoms with Crippen LogP contribution < -0.4 is 16.8 Å². The monoisotopic (exact) mass is 357 g/mol. The van der Waals surface area contributed by atoms with Crippen LogP contribution in [-0.4, -0.2) is 32.0 Å². The van der Waals surface area contributed by atoms with Crippen molar-refractivity contribution in [2.75, 3.05) is 17.6 Å². The molecule has 8 nitrogen and oxygen atoms in total. The van der Waals surface area contributed by atoms with Gasteiger partial charge in [-0.25, -0.2) is 14.5 Å². The summed E-state index contributed by atoms with van der Waals surface area (Å²) in [6, 6.07) is 0.890. The van der Waals surface area contributed by atoms with Crippen LogP contribution in [0.1, 0.15) is 5.56 Å². The van der Waals surface area contributed by atoms with Gasteiger partial charge in [0.25, 0.3) is 0 Å². The zero-order chi connectivity index (χ0) is 17.5. The molecule has 0 atom stereocenters. The number of carbonyl (C=O) groups excluding carboxylic acids is 1. The number of halogens is 3. The van der Waals surface area contributed by atoms with Crippen molar-refractivity contribution in [3.8, 4) is 11.3 Å². The van der Waals surface area contributed by atoms with Crippen molar-refractivity contribution in [2.45, 2.75) is 6.18 Å². The molecular weight excluding hydrogens is 347 g/mol. The van der Waals surface area contributed by atoms with Gasteiger partial charge in [-0.3, -0.25) is 4.79 Å². The Balaban J connectivity index is 1.93. The molecule has 0 aromatic carbocycles. The van der Waals surface area contributed by atoms with Crippen LogP contribution in [0.15, 0.2) is 18.5 Å². The van der Waals surface area contributed by atoms with E-state index in [2.05, 4.69) is 20.4 Å². The van der Waals surface area contributed by atoms with E-state index in [1.165, 1.54) is 16.9 Å². The van der Waals surface area contributed by atoms with E-state index in [0.717, 1.165) is 17.4 Å². The van der Waals surface area contributed by atoms with Crippen molar-refractivity contribution >= 4 is 33.2 Å². The second-order valence-corrected chi connectivity index (χ2v) is 5.69. The molecule has 0 unspecified atom stereocenters. The molecule has 0 aliphatic carbocycles. The molecule has 0 spiro atoms. The van der Waals surface area contributed by atoms with Gasteiger partial charge in [0.05, 0.1) is 24.0 Å². The van der Waals surface area contributed by atoms with Crippen molar-refractivity contribution in [3.05, 3.63) is 24.0 Å². The molecule has 0 fully saturated rings. The first kappa shape index (κ1) is 16.0. The molecule has 0 radical (unpaired) electrons. The number of nitrogen functional groups attached to an aromatic ring is 1. The standard InChI is InChI=1S/C12H10F3N7OS/c13-12(14,15)6-1-5(2-18-9(6)17)7-4-22-11(20-7)24-10(21-22)19-3-8(16)23/h1-2,4H,3H2,(H2,16,23)(H2,17,18)(H,19,21). The molecule has 5 N–H and O–H groups in total. The molecule has 3 rings (SSSR count). The number of alkyl halides is 3. The Kier molecular flexibility index (Phi) is 3.75. The molecule has 0 aliphatic rings. The summed E-state index contributed by atoms with van der Waals surface area (Å²) in [7, 11) is 0. The summed E-state index contributed by atoms with van der Waals surface area (Å²) >= 11 is 1.12. The average molecular weight is 357 g/mol. The van der Waals surface area contributed by atoms with Gasteiger partial charge in [0, 0.05) is 11.8 Å². The molecule has 0 saturated heterocycles. The van der Waals surface area contributed by atoms with E-state index in [0.29, 0.717) is 10.1 Å². The third-order valence-corrected chi connectivity index (χ3v) is 3.86. The Morgan fingerprint density at radius 1 is 1.42 bits per heavy atom. The fourth-order valence-corrected chi connectivity index (χ4v) is 2.69. The highest BCUT2D eigenvalue weighted by Gasteiger charge is 2.34. The molecule has 12 heteroatoms. The van der Waals surface area contributed by atoms with Crippen molar-refractivity contribution in [3.63, 3.8) is 0 Å². The van der Waals surface area contributed by atoms with Gasteiger partial charge in [0.1, 0.15) is 5.82 Å². The lowest BCUT2D eigenvalue weighted by Crippen LogP contribution is -2.21. The minimum Gasteiger partial charge on any atom is -0.383 e. The number of pyridine rings is 1. The van der Waals surface area contributed by atoms with E-state index in [1.54, 1.807) is 0 Å². The number of hydrogen-bond acceptors (Lipinski definition) is 7. The van der Waals surface area contributed by atoms with E-state index >= 15 is 0 Å². The van der Waals surface area contributed by atoms with Gasteiger partial charge in [-0.1, -0.05) is 11.3 Å². The normalized spacial score (nSPS) is 11.8. The Labute approximate surface area is 136 Å². The van der Waals surface area contributed by atoms with Gasteiger partial charge in [0.15, 0.2) is 0 Å². The topological polar surface area (TPSA) is 124 Å². The summed E-state index contributed by atoms with van der Waals surface area (Å²) in [6.07, 6.45) is -1.94. The van der Waals surface area contributed by atoms with Crippen LogP contribution in [0.5, 0.6) is 0 Å². The zero-order valence-electron chi connectivity index (χ0n) is 11.8. The van der Waals surface area contributed by atoms with Crippen LogP contribution in [0.2, 0.25) is 0 Å². The number of nitrogens with zero attached hydrogens (tertiary/aromatic N) is 4. The minimum atomic E-state index is -4.60. The first-order valence-electron chi connectivity index (χ1n) is 6.45. The van der Waals surface area contributed by atoms with Crippen molar-refractivity contribution in [1.82, 2.24) is 19.6 Å². The second-order valence-electron chi connectivity index (χ2n) is 4.73. The number of fused-ring (bicyclic) bond motifs is 1. The quantitative estimate of drug-likeness (QED) is 0.647. The average Bonchev–Trinajstić information content (AvgIpc) is 3.02. The van der Waals surface area contributed by atoms with Crippen LogP contribution in [-0.2, 0) is 11.0 Å². The number of anilines is 2. The second kappa shape index (κ2) is 5.63. The Bertz CT molecular complexity index is 886. The molecule has 0 aliphatic heterocycles. The Morgan fingerprint density at radius 2 is 2.17 bits per heavy atom. The number of rotatable bonds is 4. The predicted octanol–water partition coefficient (Wildman–Crippen LogP) is 1.35. The number of aromatic nitrogens is 4. The van der Waals surface area contributed by atoms with Crippen molar-refractivity contribution in [1.29, 1.82) is 0 Å². The molecule has 0 bridgehead atoms. The summed E-state index contributed by atoms with van der Waals surface area (Å²) in [6.45, 7) is -0.0830. The van der Waals surface area contributed by atoms with Crippen LogP contribution in [0, 0.1) is 0 Å². The van der Waals surface area contributed by atoms with E-state index < -0.39 is 23.5 Å². The smallest absolute Gasteiger partial charge is 0.383 e. The number of nitrogens with one attached hydrogen (secondary N) is 1. The van der Waals surface area contributed by atoms with Crippen LogP contribution in [0.3, 0.4) is 0 Å². The maximum Gasteiger partial charge on any atom is 0.419 e. The van der Waals surface area contributed by atoms with E-state index in [4.69, 9.17) is 11.5 Å². The lowest BCUT2D eigenvalue weighted by molar-refractivity contribution is -0.137. The number of amides is 1. The zero-order valence-corrected chi connectivity index (χ0v) is 12.6. The number of carbonyl (C=O) groups is 1. The number of nitrogens with two attached hydrogens (primary N) is 2. The minimum absolute atomic E-state index is 0.0830. The number of primary amides is 1. The summed E-state index contributed by atoms with van der Waals surface area (Å²) in [4.78, 5) is 18.9. The van der Waals surface area contributed by atoms with Gasteiger partial charge in [0.2, 0.25) is 16.0 Å². The summed E-state index contributed by atoms with van der Waals surface area (Å²) < 4.78 is 40.1.